The van der Waals surface area contributed by atoms with Gasteiger partial charge in [-0.3, -0.25) is 4.79 Å². The Labute approximate surface area is 106 Å². The monoisotopic (exact) mass is 250 g/mol. The first-order chi connectivity index (χ1) is 8.70. The molecule has 1 aliphatic heterocycles. The molecule has 0 aromatic heterocycles. The molecule has 0 aromatic carbocycles. The Hall–Kier alpha value is -1.20. The molecule has 3 aliphatic rings. The summed E-state index contributed by atoms with van der Waals surface area (Å²) in [7, 11) is 1.70. The third kappa shape index (κ3) is 1.54. The second-order valence-electron chi connectivity index (χ2n) is 5.35. The van der Waals surface area contributed by atoms with E-state index in [1.807, 2.05) is 0 Å². The van der Waals surface area contributed by atoms with Crippen molar-refractivity contribution in [2.45, 2.75) is 12.8 Å². The average Bonchev–Trinajstić information content (AvgIpc) is 2.87. The van der Waals surface area contributed by atoms with Crippen LogP contribution in [0.15, 0.2) is 17.3 Å². The number of β-amino-alcohol motifs (C(OH)–C–C–N with tert-alkyl or cyclic N) is 1. The van der Waals surface area contributed by atoms with E-state index in [1.54, 1.807) is 7.11 Å². The van der Waals surface area contributed by atoms with E-state index < -0.39 is 0 Å². The van der Waals surface area contributed by atoms with E-state index in [4.69, 9.17) is 9.84 Å². The number of fused-ring (bicyclic) bond motifs is 5. The van der Waals surface area contributed by atoms with Crippen molar-refractivity contribution in [2.24, 2.45) is 22.4 Å². The van der Waals surface area contributed by atoms with E-state index in [0.717, 1.165) is 12.1 Å². The van der Waals surface area contributed by atoms with E-state index in [0.29, 0.717) is 18.9 Å². The highest BCUT2D eigenvalue weighted by molar-refractivity contribution is 6.02. The number of carbonyl (C=O) groups is 1. The number of carbonyl (C=O) groups excluding carboxylic acids is 1. The molecule has 3 unspecified atom stereocenters. The molecule has 1 fully saturated rings. The molecule has 1 heterocycles. The minimum absolute atomic E-state index is 0.0197. The molecule has 3 atom stereocenters. The molecule has 2 bridgehead atoms. The van der Waals surface area contributed by atoms with Crippen LogP contribution >= 0.6 is 0 Å². The molecule has 98 valence electrons. The zero-order valence-corrected chi connectivity index (χ0v) is 10.5. The molecule has 0 aromatic rings. The summed E-state index contributed by atoms with van der Waals surface area (Å²) in [5.74, 6) is 0.693. The van der Waals surface area contributed by atoms with Crippen molar-refractivity contribution in [1.82, 2.24) is 5.01 Å². The number of aliphatic hydroxyl groups is 1. The van der Waals surface area contributed by atoms with Crippen molar-refractivity contribution in [3.05, 3.63) is 12.2 Å². The van der Waals surface area contributed by atoms with Crippen molar-refractivity contribution in [1.29, 1.82) is 0 Å². The van der Waals surface area contributed by atoms with Crippen molar-refractivity contribution in [2.75, 3.05) is 26.9 Å². The van der Waals surface area contributed by atoms with Crippen LogP contribution in [0, 0.1) is 17.3 Å². The number of nitrogens with zero attached hydrogens (tertiary/aromatic N) is 2. The van der Waals surface area contributed by atoms with Gasteiger partial charge in [-0.2, -0.15) is 5.10 Å². The normalized spacial score (nSPS) is 37.1. The number of rotatable bonds is 4. The van der Waals surface area contributed by atoms with Gasteiger partial charge in [-0.1, -0.05) is 12.2 Å². The summed E-state index contributed by atoms with van der Waals surface area (Å²) in [6.07, 6.45) is 5.91. The van der Waals surface area contributed by atoms with Gasteiger partial charge in [0.15, 0.2) is 0 Å². The van der Waals surface area contributed by atoms with Crippen LogP contribution in [0.5, 0.6) is 0 Å². The molecule has 0 radical (unpaired) electrons. The Balaban J connectivity index is 1.94. The van der Waals surface area contributed by atoms with Crippen LogP contribution in [-0.2, 0) is 9.53 Å². The van der Waals surface area contributed by atoms with E-state index in [-0.39, 0.29) is 30.4 Å². The molecule has 3 rings (SSSR count). The summed E-state index contributed by atoms with van der Waals surface area (Å²) in [5.41, 5.74) is 0.961. The fraction of sp³-hybridized carbons (Fsp3) is 0.692. The van der Waals surface area contributed by atoms with Gasteiger partial charge in [0.1, 0.15) is 0 Å². The minimum atomic E-state index is -0.113. The first kappa shape index (κ1) is 11.9. The van der Waals surface area contributed by atoms with Crippen molar-refractivity contribution in [3.63, 3.8) is 0 Å². The van der Waals surface area contributed by atoms with Crippen LogP contribution < -0.4 is 0 Å². The first-order valence-electron chi connectivity index (χ1n) is 6.39. The number of methoxy groups -OCH3 is 1. The van der Waals surface area contributed by atoms with Crippen molar-refractivity contribution >= 4 is 11.6 Å². The largest absolute Gasteiger partial charge is 0.394 e. The summed E-state index contributed by atoms with van der Waals surface area (Å²) in [6.45, 7) is 0.854. The summed E-state index contributed by atoms with van der Waals surface area (Å²) >= 11 is 0. The van der Waals surface area contributed by atoms with E-state index in [1.165, 1.54) is 5.01 Å². The predicted octanol–water partition coefficient (Wildman–Crippen LogP) is 0.406. The zero-order chi connectivity index (χ0) is 12.8. The predicted molar refractivity (Wildman–Crippen MR) is 65.9 cm³/mol. The number of ether oxygens (including phenoxy) is 1. The number of hydrazone groups is 1. The average molecular weight is 250 g/mol. The summed E-state index contributed by atoms with van der Waals surface area (Å²) in [6, 6.07) is 0. The molecule has 0 spiro atoms. The van der Waals surface area contributed by atoms with E-state index >= 15 is 0 Å². The summed E-state index contributed by atoms with van der Waals surface area (Å²) in [4.78, 5) is 11.9. The lowest BCUT2D eigenvalue weighted by Crippen LogP contribution is -2.43. The molecular formula is C13H18N2O3. The second-order valence-corrected chi connectivity index (χ2v) is 5.35. The smallest absolute Gasteiger partial charge is 0.243 e. The quantitative estimate of drug-likeness (QED) is 0.735. The second kappa shape index (κ2) is 4.17. The highest BCUT2D eigenvalue weighted by atomic mass is 16.5. The van der Waals surface area contributed by atoms with Gasteiger partial charge in [-0.15, -0.1) is 0 Å². The summed E-state index contributed by atoms with van der Waals surface area (Å²) in [5, 5.41) is 14.9. The lowest BCUT2D eigenvalue weighted by Gasteiger charge is -2.34. The highest BCUT2D eigenvalue weighted by Crippen LogP contribution is 2.53. The molecule has 1 saturated carbocycles. The number of hydrogen-bond donors (Lipinski definition) is 1. The van der Waals surface area contributed by atoms with Crippen LogP contribution in [0.2, 0.25) is 0 Å². The standard InChI is InChI=1S/C13H18N2O3/c1-18-8-13-3-2-9(7-13)10-6-11(17)15(4-5-16)14-12(10)13/h2-3,9-10,16H,4-8H2,1H3. The molecule has 1 amide bonds. The van der Waals surface area contributed by atoms with E-state index in [9.17, 15) is 4.79 Å². The molecule has 2 aliphatic carbocycles. The fourth-order valence-electron chi connectivity index (χ4n) is 3.51. The highest BCUT2D eigenvalue weighted by Gasteiger charge is 2.55. The Kier molecular flexibility index (Phi) is 2.75. The Morgan fingerprint density at radius 3 is 3.22 bits per heavy atom. The lowest BCUT2D eigenvalue weighted by molar-refractivity contribution is -0.133. The lowest BCUT2D eigenvalue weighted by atomic mass is 9.80. The third-order valence-corrected chi connectivity index (χ3v) is 4.27. The van der Waals surface area contributed by atoms with Crippen LogP contribution in [0.3, 0.4) is 0 Å². The Morgan fingerprint density at radius 2 is 2.50 bits per heavy atom. The van der Waals surface area contributed by atoms with Gasteiger partial charge in [0, 0.05) is 19.4 Å². The molecule has 5 nitrogen and oxygen atoms in total. The molecule has 0 saturated heterocycles. The first-order valence-corrected chi connectivity index (χ1v) is 6.39. The van der Waals surface area contributed by atoms with Gasteiger partial charge in [-0.25, -0.2) is 5.01 Å². The van der Waals surface area contributed by atoms with Crippen molar-refractivity contribution < 1.29 is 14.6 Å². The molecule has 18 heavy (non-hydrogen) atoms. The number of allylic oxidation sites excluding steroid dienone is 1. The number of amides is 1. The topological polar surface area (TPSA) is 62.1 Å². The van der Waals surface area contributed by atoms with Gasteiger partial charge < -0.3 is 9.84 Å². The van der Waals surface area contributed by atoms with Gasteiger partial charge in [-0.05, 0) is 12.3 Å². The van der Waals surface area contributed by atoms with Crippen LogP contribution in [0.4, 0.5) is 0 Å². The summed E-state index contributed by atoms with van der Waals surface area (Å²) < 4.78 is 5.33. The molecular weight excluding hydrogens is 232 g/mol. The maximum atomic E-state index is 11.9. The fourth-order valence-corrected chi connectivity index (χ4v) is 3.51. The van der Waals surface area contributed by atoms with Crippen LogP contribution in [-0.4, -0.2) is 48.6 Å². The minimum Gasteiger partial charge on any atom is -0.394 e. The molecule has 5 heteroatoms. The number of aliphatic hydroxyl groups excluding tert-OH is 1. The van der Waals surface area contributed by atoms with Gasteiger partial charge in [0.2, 0.25) is 5.91 Å². The van der Waals surface area contributed by atoms with Crippen LogP contribution in [0.25, 0.3) is 0 Å². The maximum absolute atomic E-state index is 11.9. The third-order valence-electron chi connectivity index (χ3n) is 4.27. The van der Waals surface area contributed by atoms with Crippen LogP contribution in [0.1, 0.15) is 12.8 Å². The van der Waals surface area contributed by atoms with E-state index in [2.05, 4.69) is 17.3 Å². The molecule has 1 N–H and O–H groups in total. The Morgan fingerprint density at radius 1 is 1.67 bits per heavy atom. The SMILES string of the molecule is COCC12C=CC(C1)C1CC(=O)N(CCO)N=C12. The Bertz CT molecular complexity index is 432. The zero-order valence-electron chi connectivity index (χ0n) is 10.5. The van der Waals surface area contributed by atoms with Gasteiger partial charge in [0.05, 0.1) is 30.9 Å². The maximum Gasteiger partial charge on any atom is 0.243 e. The van der Waals surface area contributed by atoms with Gasteiger partial charge in [0.25, 0.3) is 0 Å². The number of hydrogen-bond acceptors (Lipinski definition) is 4. The van der Waals surface area contributed by atoms with Crippen molar-refractivity contribution in [3.8, 4) is 0 Å². The van der Waals surface area contributed by atoms with Gasteiger partial charge >= 0.3 is 0 Å².